The Kier molecular flexibility index (Phi) is 3.87. The summed E-state index contributed by atoms with van der Waals surface area (Å²) in [5, 5.41) is 8.63. The highest BCUT2D eigenvalue weighted by Crippen LogP contribution is 2.23. The van der Waals surface area contributed by atoms with Crippen molar-refractivity contribution in [2.75, 3.05) is 6.54 Å². The molecule has 0 aromatic rings. The Morgan fingerprint density at radius 3 is 2.69 bits per heavy atom. The van der Waals surface area contributed by atoms with Gasteiger partial charge in [0.05, 0.1) is 6.42 Å². The molecule has 0 aromatic heterocycles. The third kappa shape index (κ3) is 2.71. The van der Waals surface area contributed by atoms with Crippen LogP contribution in [0.5, 0.6) is 0 Å². The molecule has 1 saturated heterocycles. The fourth-order valence-corrected chi connectivity index (χ4v) is 2.07. The molecule has 0 bridgehead atoms. The van der Waals surface area contributed by atoms with Gasteiger partial charge in [0, 0.05) is 13.0 Å². The number of primary amides is 1. The first-order valence-electron chi connectivity index (χ1n) is 5.26. The molecule has 2 amide bonds. The molecule has 1 aliphatic rings. The molecule has 6 nitrogen and oxygen atoms in total. The monoisotopic (exact) mass is 228 g/mol. The Hall–Kier alpha value is -1.59. The zero-order valence-electron chi connectivity index (χ0n) is 9.18. The minimum atomic E-state index is -0.924. The van der Waals surface area contributed by atoms with Gasteiger partial charge in [-0.3, -0.25) is 14.4 Å². The molecule has 16 heavy (non-hydrogen) atoms. The van der Waals surface area contributed by atoms with E-state index in [4.69, 9.17) is 10.8 Å². The van der Waals surface area contributed by atoms with Crippen LogP contribution in [0.4, 0.5) is 0 Å². The lowest BCUT2D eigenvalue weighted by atomic mass is 10.1. The van der Waals surface area contributed by atoms with Crippen molar-refractivity contribution in [1.29, 1.82) is 0 Å². The number of carboxylic acid groups (broad SMARTS) is 1. The summed E-state index contributed by atoms with van der Waals surface area (Å²) in [5.74, 6) is -1.85. The summed E-state index contributed by atoms with van der Waals surface area (Å²) in [7, 11) is 0. The van der Waals surface area contributed by atoms with Crippen LogP contribution < -0.4 is 5.73 Å². The third-order valence-electron chi connectivity index (χ3n) is 2.79. The highest BCUT2D eigenvalue weighted by Gasteiger charge is 2.36. The maximum absolute atomic E-state index is 11.6. The van der Waals surface area contributed by atoms with Crippen molar-refractivity contribution in [2.45, 2.75) is 32.2 Å². The average Bonchev–Trinajstić information content (AvgIpc) is 2.46. The molecule has 1 heterocycles. The van der Waals surface area contributed by atoms with E-state index in [1.165, 1.54) is 4.90 Å². The molecule has 1 fully saturated rings. The molecule has 2 atom stereocenters. The molecule has 1 rings (SSSR count). The molecule has 3 N–H and O–H groups in total. The van der Waals surface area contributed by atoms with Crippen LogP contribution >= 0.6 is 0 Å². The van der Waals surface area contributed by atoms with Crippen LogP contribution in [-0.2, 0) is 14.4 Å². The van der Waals surface area contributed by atoms with Gasteiger partial charge in [-0.25, -0.2) is 0 Å². The molecular formula is C10H16N2O4. The molecule has 90 valence electrons. The van der Waals surface area contributed by atoms with Gasteiger partial charge in [-0.1, -0.05) is 6.92 Å². The van der Waals surface area contributed by atoms with Gasteiger partial charge in [-0.15, -0.1) is 0 Å². The second-order valence-electron chi connectivity index (χ2n) is 4.04. The summed E-state index contributed by atoms with van der Waals surface area (Å²) in [6.07, 6.45) is 0.606. The number of hydrogen-bond donors (Lipinski definition) is 2. The number of likely N-dealkylation sites (tertiary alicyclic amines) is 1. The van der Waals surface area contributed by atoms with Crippen molar-refractivity contribution in [3.05, 3.63) is 0 Å². The van der Waals surface area contributed by atoms with E-state index in [2.05, 4.69) is 0 Å². The number of rotatable bonds is 5. The smallest absolute Gasteiger partial charge is 0.303 e. The number of aliphatic carboxylic acids is 1. The molecule has 0 saturated carbocycles. The zero-order chi connectivity index (χ0) is 12.3. The minimum absolute atomic E-state index is 0.0442. The Bertz CT molecular complexity index is 316. The Morgan fingerprint density at radius 1 is 1.62 bits per heavy atom. The van der Waals surface area contributed by atoms with E-state index in [0.717, 1.165) is 0 Å². The van der Waals surface area contributed by atoms with Crippen molar-refractivity contribution in [2.24, 2.45) is 11.7 Å². The van der Waals surface area contributed by atoms with E-state index in [1.807, 2.05) is 0 Å². The van der Waals surface area contributed by atoms with Crippen LogP contribution in [-0.4, -0.2) is 40.4 Å². The highest BCUT2D eigenvalue weighted by molar-refractivity contribution is 5.88. The number of carboxylic acids is 1. The van der Waals surface area contributed by atoms with Crippen molar-refractivity contribution in [1.82, 2.24) is 4.90 Å². The van der Waals surface area contributed by atoms with Gasteiger partial charge in [-0.2, -0.15) is 0 Å². The molecule has 0 aliphatic carbocycles. The van der Waals surface area contributed by atoms with E-state index in [1.54, 1.807) is 6.92 Å². The Labute approximate surface area is 93.4 Å². The second-order valence-corrected chi connectivity index (χ2v) is 4.04. The van der Waals surface area contributed by atoms with Crippen LogP contribution in [0.1, 0.15) is 26.2 Å². The number of nitrogens with zero attached hydrogens (tertiary/aromatic N) is 1. The summed E-state index contributed by atoms with van der Waals surface area (Å²) < 4.78 is 0. The topological polar surface area (TPSA) is 101 Å². The molecule has 0 aromatic carbocycles. The predicted molar refractivity (Wildman–Crippen MR) is 55.3 cm³/mol. The zero-order valence-corrected chi connectivity index (χ0v) is 9.18. The van der Waals surface area contributed by atoms with E-state index in [0.29, 0.717) is 13.0 Å². The van der Waals surface area contributed by atoms with Gasteiger partial charge in [0.2, 0.25) is 11.8 Å². The lowest BCUT2D eigenvalue weighted by Gasteiger charge is -2.24. The number of carbonyl (C=O) groups excluding carboxylic acids is 2. The van der Waals surface area contributed by atoms with Crippen LogP contribution in [0.2, 0.25) is 0 Å². The first kappa shape index (κ1) is 12.5. The van der Waals surface area contributed by atoms with Gasteiger partial charge in [-0.05, 0) is 12.3 Å². The molecule has 2 unspecified atom stereocenters. The maximum atomic E-state index is 11.6. The van der Waals surface area contributed by atoms with Crippen LogP contribution in [0, 0.1) is 5.92 Å². The quantitative estimate of drug-likeness (QED) is 0.666. The fourth-order valence-electron chi connectivity index (χ4n) is 2.07. The summed E-state index contributed by atoms with van der Waals surface area (Å²) in [4.78, 5) is 34.6. The van der Waals surface area contributed by atoms with E-state index in [-0.39, 0.29) is 24.7 Å². The van der Waals surface area contributed by atoms with Gasteiger partial charge in [0.25, 0.3) is 0 Å². The van der Waals surface area contributed by atoms with Gasteiger partial charge < -0.3 is 15.7 Å². The maximum Gasteiger partial charge on any atom is 0.303 e. The van der Waals surface area contributed by atoms with Crippen LogP contribution in [0.15, 0.2) is 0 Å². The number of carbonyl (C=O) groups is 3. The van der Waals surface area contributed by atoms with E-state index < -0.39 is 17.9 Å². The molecule has 6 heteroatoms. The van der Waals surface area contributed by atoms with Gasteiger partial charge >= 0.3 is 5.97 Å². The molecule has 1 aliphatic heterocycles. The van der Waals surface area contributed by atoms with Crippen LogP contribution in [0.25, 0.3) is 0 Å². The van der Waals surface area contributed by atoms with Gasteiger partial charge in [0.1, 0.15) is 6.04 Å². The van der Waals surface area contributed by atoms with Crippen molar-refractivity contribution < 1.29 is 19.5 Å². The largest absolute Gasteiger partial charge is 0.481 e. The summed E-state index contributed by atoms with van der Waals surface area (Å²) >= 11 is 0. The minimum Gasteiger partial charge on any atom is -0.481 e. The number of amides is 2. The average molecular weight is 228 g/mol. The lowest BCUT2D eigenvalue weighted by Crippen LogP contribution is -2.45. The SMILES string of the molecule is CCC(C(N)=O)N1CC(CC(=O)O)CC1=O. The second kappa shape index (κ2) is 4.96. The first-order valence-corrected chi connectivity index (χ1v) is 5.26. The van der Waals surface area contributed by atoms with Crippen molar-refractivity contribution in [3.8, 4) is 0 Å². The fraction of sp³-hybridized carbons (Fsp3) is 0.700. The van der Waals surface area contributed by atoms with Crippen molar-refractivity contribution in [3.63, 3.8) is 0 Å². The molecule has 0 spiro atoms. The summed E-state index contributed by atoms with van der Waals surface area (Å²) in [6, 6.07) is -0.605. The van der Waals surface area contributed by atoms with Gasteiger partial charge in [0.15, 0.2) is 0 Å². The summed E-state index contributed by atoms with van der Waals surface area (Å²) in [5.41, 5.74) is 5.19. The number of hydrogen-bond acceptors (Lipinski definition) is 3. The lowest BCUT2D eigenvalue weighted by molar-refractivity contribution is -0.138. The standard InChI is InChI=1S/C10H16N2O4/c1-2-7(10(11)16)12-5-6(3-8(12)13)4-9(14)15/h6-7H,2-5H2,1H3,(H2,11,16)(H,14,15). The molecule has 0 radical (unpaired) electrons. The predicted octanol–water partition coefficient (Wildman–Crippen LogP) is -0.426. The normalized spacial score (nSPS) is 22.2. The Balaban J connectivity index is 2.66. The first-order chi connectivity index (χ1) is 7.45. The Morgan fingerprint density at radius 2 is 2.25 bits per heavy atom. The van der Waals surface area contributed by atoms with Crippen LogP contribution in [0.3, 0.4) is 0 Å². The number of nitrogens with two attached hydrogens (primary N) is 1. The molecular weight excluding hydrogens is 212 g/mol. The summed E-state index contributed by atoms with van der Waals surface area (Å²) in [6.45, 7) is 2.08. The van der Waals surface area contributed by atoms with Crippen molar-refractivity contribution >= 4 is 17.8 Å². The third-order valence-corrected chi connectivity index (χ3v) is 2.79. The van der Waals surface area contributed by atoms with E-state index in [9.17, 15) is 14.4 Å². The highest BCUT2D eigenvalue weighted by atomic mass is 16.4. The van der Waals surface area contributed by atoms with E-state index >= 15 is 0 Å².